The van der Waals surface area contributed by atoms with E-state index in [4.69, 9.17) is 0 Å². The maximum atomic E-state index is 0. The Morgan fingerprint density at radius 3 is 1.00 bits per heavy atom. The van der Waals surface area contributed by atoms with Crippen molar-refractivity contribution in [2.45, 2.75) is 0 Å². The fourth-order valence-corrected chi connectivity index (χ4v) is 0. The molecular formula is Ag2ClO. The van der Waals surface area contributed by atoms with E-state index in [9.17, 15) is 0 Å². The Morgan fingerprint density at radius 1 is 1.00 bits per heavy atom. The van der Waals surface area contributed by atoms with Crippen molar-refractivity contribution in [1.82, 2.24) is 0 Å². The summed E-state index contributed by atoms with van der Waals surface area (Å²) in [5, 5.41) is 0. The van der Waals surface area contributed by atoms with E-state index < -0.39 is 0 Å². The molecule has 0 fully saturated rings. The normalized spacial score (nSPS) is 0. The van der Waals surface area contributed by atoms with Gasteiger partial charge in [0, 0.05) is 27.9 Å². The Kier molecular flexibility index (Phi) is 235. The molecule has 0 amide bonds. The van der Waals surface area contributed by atoms with Gasteiger partial charge in [0.25, 0.3) is 0 Å². The molecule has 0 aromatic heterocycles. The van der Waals surface area contributed by atoms with Gasteiger partial charge in [-0.05, 0) is 0 Å². The van der Waals surface area contributed by atoms with E-state index in [0.29, 0.717) is 0 Å². The summed E-state index contributed by atoms with van der Waals surface area (Å²) in [4.78, 5) is 0. The molecule has 3 radical (unpaired) electrons. The first kappa shape index (κ1) is 42.8. The third-order valence-electron chi connectivity index (χ3n) is 0. The van der Waals surface area contributed by atoms with Gasteiger partial charge in [-0.25, -0.2) is 0 Å². The van der Waals surface area contributed by atoms with E-state index in [0.717, 1.165) is 0 Å². The number of halogens is 1. The second-order valence-electron chi connectivity index (χ2n) is 0. The summed E-state index contributed by atoms with van der Waals surface area (Å²) in [5.41, 5.74) is 0. The average Bonchev–Trinajstić information content (AvgIpc) is 0. The zero-order valence-corrected chi connectivity index (χ0v) is 5.11. The second-order valence-corrected chi connectivity index (χ2v) is 0. The van der Waals surface area contributed by atoms with E-state index in [2.05, 4.69) is 0 Å². The zero-order chi connectivity index (χ0) is 0. The monoisotopic (exact) mass is 265 g/mol. The summed E-state index contributed by atoms with van der Waals surface area (Å²) in [6, 6.07) is 0. The summed E-state index contributed by atoms with van der Waals surface area (Å²) in [5.74, 6) is 0. The van der Waals surface area contributed by atoms with E-state index in [-0.39, 0.29) is 62.6 Å². The van der Waals surface area contributed by atoms with E-state index in [1.807, 2.05) is 0 Å². The first-order chi connectivity index (χ1) is 0. The van der Waals surface area contributed by atoms with Gasteiger partial charge < -0.3 is 12.4 Å². The standard InChI is InChI=1S/2Ag.ClH.O/h;;1H;/q;+1;;/p-1. The van der Waals surface area contributed by atoms with Crippen molar-refractivity contribution in [3.05, 3.63) is 0 Å². The van der Waals surface area contributed by atoms with Crippen LogP contribution in [0.3, 0.4) is 0 Å². The van der Waals surface area contributed by atoms with Gasteiger partial charge in [-0.2, -0.15) is 0 Å². The summed E-state index contributed by atoms with van der Waals surface area (Å²) in [6.07, 6.45) is 0. The van der Waals surface area contributed by atoms with Crippen LogP contribution in [0.2, 0.25) is 0 Å². The molecule has 1 nitrogen and oxygen atoms in total. The van der Waals surface area contributed by atoms with Crippen LogP contribution >= 0.6 is 0 Å². The Labute approximate surface area is 62.3 Å². The van der Waals surface area contributed by atoms with Crippen molar-refractivity contribution in [2.24, 2.45) is 0 Å². The smallest absolute Gasteiger partial charge is 1.00 e. The van der Waals surface area contributed by atoms with Crippen molar-refractivity contribution < 1.29 is 62.6 Å². The Balaban J connectivity index is 0. The van der Waals surface area contributed by atoms with Crippen LogP contribution in [-0.2, 0) is 50.2 Å². The molecule has 35 valence electrons. The quantitative estimate of drug-likeness (QED) is 0.416. The predicted octanol–water partition coefficient (Wildman–Crippen LogP) is -3.12. The molecule has 0 saturated heterocycles. The molecule has 0 aliphatic heterocycles. The molecule has 4 heteroatoms. The molecule has 0 aromatic carbocycles. The van der Waals surface area contributed by atoms with Gasteiger partial charge >= 0.3 is 22.4 Å². The molecule has 0 bridgehead atoms. The van der Waals surface area contributed by atoms with Gasteiger partial charge in [-0.15, -0.1) is 0 Å². The van der Waals surface area contributed by atoms with Crippen LogP contribution < -0.4 is 12.4 Å². The largest absolute Gasteiger partial charge is 1.00 e. The summed E-state index contributed by atoms with van der Waals surface area (Å²) in [7, 11) is 0. The molecule has 0 atom stereocenters. The molecule has 0 aliphatic rings. The van der Waals surface area contributed by atoms with E-state index in [1.54, 1.807) is 0 Å². The molecule has 4 heavy (non-hydrogen) atoms. The van der Waals surface area contributed by atoms with Crippen LogP contribution in [-0.4, -0.2) is 0 Å². The van der Waals surface area contributed by atoms with Crippen molar-refractivity contribution in [3.63, 3.8) is 0 Å². The average molecular weight is 267 g/mol. The van der Waals surface area contributed by atoms with Crippen LogP contribution in [0.5, 0.6) is 0 Å². The predicted molar refractivity (Wildman–Crippen MR) is 0.686 cm³/mol. The van der Waals surface area contributed by atoms with Crippen molar-refractivity contribution in [1.29, 1.82) is 0 Å². The SMILES string of the molecule is [Ag+].[Ag].[Cl-].[O]. The van der Waals surface area contributed by atoms with Crippen LogP contribution in [0.15, 0.2) is 0 Å². The fraction of sp³-hybridized carbons (Fsp3) is 0. The number of rotatable bonds is 0. The maximum absolute atomic E-state index is 0. The van der Waals surface area contributed by atoms with Crippen LogP contribution in [0.1, 0.15) is 0 Å². The molecular weight excluding hydrogens is 267 g/mol. The minimum absolute atomic E-state index is 0. The molecule has 0 rings (SSSR count). The molecule has 0 unspecified atom stereocenters. The number of hydrogen-bond donors (Lipinski definition) is 0. The molecule has 0 aromatic rings. The van der Waals surface area contributed by atoms with Gasteiger partial charge in [0.15, 0.2) is 0 Å². The van der Waals surface area contributed by atoms with Crippen molar-refractivity contribution in [3.8, 4) is 0 Å². The molecule has 0 spiro atoms. The Morgan fingerprint density at radius 2 is 1.00 bits per heavy atom. The second kappa shape index (κ2) is 22.0. The minimum Gasteiger partial charge on any atom is -1.00 e. The zero-order valence-electron chi connectivity index (χ0n) is 1.39. The first-order valence-electron chi connectivity index (χ1n) is 0. The Bertz CT molecular complexity index is 6.00. The third-order valence-corrected chi connectivity index (χ3v) is 0. The molecule has 0 heterocycles. The molecule has 0 aliphatic carbocycles. The summed E-state index contributed by atoms with van der Waals surface area (Å²) >= 11 is 0. The van der Waals surface area contributed by atoms with Gasteiger partial charge in [0.1, 0.15) is 0 Å². The summed E-state index contributed by atoms with van der Waals surface area (Å²) < 4.78 is 0. The van der Waals surface area contributed by atoms with Gasteiger partial charge in [0.2, 0.25) is 0 Å². The van der Waals surface area contributed by atoms with E-state index >= 15 is 0 Å². The fourth-order valence-electron chi connectivity index (χ4n) is 0. The van der Waals surface area contributed by atoms with Crippen LogP contribution in [0, 0.1) is 0 Å². The molecule has 0 saturated carbocycles. The molecule has 0 N–H and O–H groups in total. The topological polar surface area (TPSA) is 28.5 Å². The third kappa shape index (κ3) is 9.29. The van der Waals surface area contributed by atoms with Gasteiger partial charge in [-0.3, -0.25) is 0 Å². The van der Waals surface area contributed by atoms with Gasteiger partial charge in [0.05, 0.1) is 0 Å². The number of hydrogen-bond acceptors (Lipinski definition) is 0. The summed E-state index contributed by atoms with van der Waals surface area (Å²) in [6.45, 7) is 0. The van der Waals surface area contributed by atoms with Crippen LogP contribution in [0.25, 0.3) is 0 Å². The minimum atomic E-state index is 0. The van der Waals surface area contributed by atoms with Gasteiger partial charge in [-0.1, -0.05) is 0 Å². The van der Waals surface area contributed by atoms with Crippen molar-refractivity contribution >= 4 is 0 Å². The van der Waals surface area contributed by atoms with Crippen LogP contribution in [0.4, 0.5) is 0 Å². The maximum Gasteiger partial charge on any atom is 1.00 e. The Hall–Kier alpha value is 1.73. The van der Waals surface area contributed by atoms with Crippen molar-refractivity contribution in [2.75, 3.05) is 0 Å². The van der Waals surface area contributed by atoms with E-state index in [1.165, 1.54) is 0 Å². The first-order valence-corrected chi connectivity index (χ1v) is 0.